The highest BCUT2D eigenvalue weighted by Gasteiger charge is 2.49. The van der Waals surface area contributed by atoms with E-state index in [1.54, 1.807) is 38.1 Å². The van der Waals surface area contributed by atoms with Gasteiger partial charge in [0.2, 0.25) is 12.7 Å². The van der Waals surface area contributed by atoms with Crippen molar-refractivity contribution in [2.75, 3.05) is 13.4 Å². The number of carboxylic acids is 2. The molecule has 0 aromatic heterocycles. The van der Waals surface area contributed by atoms with Gasteiger partial charge in [-0.15, -0.1) is 5.92 Å². The third kappa shape index (κ3) is 19.6. The minimum absolute atomic E-state index is 0.0975. The number of nitrogens with one attached hydrogen (secondary N) is 1. The van der Waals surface area contributed by atoms with Gasteiger partial charge in [-0.25, -0.2) is 9.59 Å². The van der Waals surface area contributed by atoms with Gasteiger partial charge in [0, 0.05) is 25.7 Å². The molecular formula is C40H57NO12. The van der Waals surface area contributed by atoms with Crippen LogP contribution in [0.2, 0.25) is 0 Å². The predicted octanol–water partition coefficient (Wildman–Crippen LogP) is 5.69. The summed E-state index contributed by atoms with van der Waals surface area (Å²) in [4.78, 5) is 74.7. The summed E-state index contributed by atoms with van der Waals surface area (Å²) >= 11 is 0. The van der Waals surface area contributed by atoms with Crippen LogP contribution in [0.1, 0.15) is 123 Å². The van der Waals surface area contributed by atoms with Gasteiger partial charge >= 0.3 is 23.9 Å². The number of aliphatic carboxylic acids is 2. The Morgan fingerprint density at radius 3 is 2.08 bits per heavy atom. The molecule has 13 heteroatoms. The summed E-state index contributed by atoms with van der Waals surface area (Å²) in [6, 6.07) is 5.05. The number of esters is 2. The minimum atomic E-state index is -3.06. The van der Waals surface area contributed by atoms with Gasteiger partial charge < -0.3 is 34.8 Å². The molecule has 53 heavy (non-hydrogen) atoms. The quantitative estimate of drug-likeness (QED) is 0.0257. The number of unbranched alkanes of at least 4 members (excludes halogenated alkanes) is 8. The molecule has 0 radical (unpaired) electrons. The fourth-order valence-corrected chi connectivity index (χ4v) is 5.37. The lowest BCUT2D eigenvalue weighted by Crippen LogP contribution is -2.55. The second-order valence-electron chi connectivity index (χ2n) is 12.8. The van der Waals surface area contributed by atoms with Crippen molar-refractivity contribution in [3.8, 4) is 17.6 Å². The van der Waals surface area contributed by atoms with Gasteiger partial charge in [0.05, 0.1) is 12.3 Å². The molecular weight excluding hydrogens is 686 g/mol. The topological polar surface area (TPSA) is 203 Å². The molecule has 0 bridgehead atoms. The number of carbonyl (C=O) groups excluding carboxylic acids is 4. The average Bonchev–Trinajstić information content (AvgIpc) is 3.11. The maximum absolute atomic E-state index is 13.7. The number of carbonyl (C=O) groups is 6. The standard InChI is InChI=1S/C40H57NO12/c1-4-7-9-12-15-19-31(42)20-16-13-10-11-14-17-21-33(40(50,39(48)49)28-35(43)44)37(46)41-34(38(47)53-29-52-36(45)18-6-3)27-30-22-24-32(25-23-30)51-26-8-5-2/h17,21-25,33-34,50H,4,6-7,9-16,18-20,26-29H2,1-3H3,(H,41,46)(H,43,44)(H,48,49)/b21-17+/t33-,34+,40+/m1/s1. The van der Waals surface area contributed by atoms with Crippen molar-refractivity contribution in [1.29, 1.82) is 0 Å². The Labute approximate surface area is 312 Å². The van der Waals surface area contributed by atoms with Crippen molar-refractivity contribution in [2.24, 2.45) is 5.92 Å². The van der Waals surface area contributed by atoms with Crippen LogP contribution in [0, 0.1) is 17.8 Å². The molecule has 294 valence electrons. The lowest BCUT2D eigenvalue weighted by atomic mass is 9.82. The number of rotatable bonds is 29. The van der Waals surface area contributed by atoms with Crippen LogP contribution in [-0.2, 0) is 44.7 Å². The Bertz CT molecular complexity index is 1390. The van der Waals surface area contributed by atoms with Crippen molar-refractivity contribution < 1.29 is 58.3 Å². The second-order valence-corrected chi connectivity index (χ2v) is 12.8. The van der Waals surface area contributed by atoms with E-state index in [1.807, 2.05) is 0 Å². The summed E-state index contributed by atoms with van der Waals surface area (Å²) < 4.78 is 15.5. The van der Waals surface area contributed by atoms with Gasteiger partial charge in [-0.05, 0) is 56.7 Å². The first-order valence-corrected chi connectivity index (χ1v) is 18.5. The number of carboxylic acid groups (broad SMARTS) is 2. The zero-order valence-corrected chi connectivity index (χ0v) is 31.4. The Morgan fingerprint density at radius 2 is 1.49 bits per heavy atom. The number of hydrogen-bond acceptors (Lipinski definition) is 10. The predicted molar refractivity (Wildman–Crippen MR) is 197 cm³/mol. The van der Waals surface area contributed by atoms with Gasteiger partial charge in [0.25, 0.3) is 0 Å². The number of ether oxygens (including phenoxy) is 3. The van der Waals surface area contributed by atoms with Crippen LogP contribution in [-0.4, -0.2) is 75.9 Å². The van der Waals surface area contributed by atoms with Crippen molar-refractivity contribution in [3.05, 3.63) is 42.0 Å². The number of allylic oxidation sites excluding steroid dienone is 1. The maximum Gasteiger partial charge on any atom is 0.337 e. The molecule has 4 N–H and O–H groups in total. The van der Waals surface area contributed by atoms with Gasteiger partial charge in [0.15, 0.2) is 5.60 Å². The molecule has 0 saturated carbocycles. The highest BCUT2D eigenvalue weighted by atomic mass is 16.7. The maximum atomic E-state index is 13.7. The van der Waals surface area contributed by atoms with Crippen molar-refractivity contribution in [2.45, 2.75) is 135 Å². The molecule has 13 nitrogen and oxygen atoms in total. The zero-order valence-electron chi connectivity index (χ0n) is 31.4. The van der Waals surface area contributed by atoms with Gasteiger partial charge in [-0.1, -0.05) is 82.6 Å². The van der Waals surface area contributed by atoms with E-state index < -0.39 is 60.6 Å². The Kier molecular flexibility index (Phi) is 23.6. The van der Waals surface area contributed by atoms with Crippen LogP contribution in [0.3, 0.4) is 0 Å². The molecule has 1 rings (SSSR count). The molecule has 0 unspecified atom stereocenters. The molecule has 0 saturated heterocycles. The van der Waals surface area contributed by atoms with E-state index in [0.717, 1.165) is 51.0 Å². The number of Topliss-reactive ketones (excluding diaryl/α,β-unsaturated/α-hetero) is 1. The minimum Gasteiger partial charge on any atom is -0.481 e. The van der Waals surface area contributed by atoms with E-state index in [4.69, 9.17) is 14.2 Å². The average molecular weight is 744 g/mol. The van der Waals surface area contributed by atoms with Crippen molar-refractivity contribution >= 4 is 35.6 Å². The molecule has 3 atom stereocenters. The van der Waals surface area contributed by atoms with Crippen LogP contribution in [0.15, 0.2) is 36.4 Å². The summed E-state index contributed by atoms with van der Waals surface area (Å²) in [6.45, 7) is 5.02. The smallest absolute Gasteiger partial charge is 0.337 e. The van der Waals surface area contributed by atoms with E-state index >= 15 is 0 Å². The Balaban J connectivity index is 3.07. The first-order chi connectivity index (χ1) is 25.4. The lowest BCUT2D eigenvalue weighted by molar-refractivity contribution is -0.173. The Hall–Kier alpha value is -4.70. The number of amides is 1. The van der Waals surface area contributed by atoms with Crippen LogP contribution in [0.4, 0.5) is 0 Å². The number of hydrogen-bond donors (Lipinski definition) is 4. The van der Waals surface area contributed by atoms with E-state index in [-0.39, 0.29) is 25.2 Å². The fourth-order valence-electron chi connectivity index (χ4n) is 5.37. The molecule has 0 aliphatic rings. The highest BCUT2D eigenvalue weighted by Crippen LogP contribution is 2.26. The number of ketones is 1. The molecule has 0 heterocycles. The molecule has 0 aliphatic carbocycles. The van der Waals surface area contributed by atoms with E-state index in [0.29, 0.717) is 43.4 Å². The van der Waals surface area contributed by atoms with Crippen LogP contribution < -0.4 is 10.1 Å². The summed E-state index contributed by atoms with van der Waals surface area (Å²) in [7, 11) is 0. The summed E-state index contributed by atoms with van der Waals surface area (Å²) in [6.07, 6.45) is 11.7. The molecule has 0 aliphatic heterocycles. The van der Waals surface area contributed by atoms with Gasteiger partial charge in [-0.2, -0.15) is 0 Å². The normalized spacial score (nSPS) is 13.1. The summed E-state index contributed by atoms with van der Waals surface area (Å²) in [5.74, 6) is -2.04. The first kappa shape index (κ1) is 46.3. The third-order valence-electron chi connectivity index (χ3n) is 8.38. The second kappa shape index (κ2) is 27.0. The van der Waals surface area contributed by atoms with Crippen LogP contribution in [0.25, 0.3) is 0 Å². The van der Waals surface area contributed by atoms with E-state index in [1.165, 1.54) is 12.5 Å². The molecule has 1 aromatic carbocycles. The molecule has 1 amide bonds. The number of aliphatic hydroxyl groups is 1. The summed E-state index contributed by atoms with van der Waals surface area (Å²) in [5, 5.41) is 32.9. The monoisotopic (exact) mass is 743 g/mol. The fraction of sp³-hybridized carbons (Fsp3) is 0.600. The molecule has 0 fully saturated rings. The first-order valence-electron chi connectivity index (χ1n) is 18.5. The van der Waals surface area contributed by atoms with Gasteiger partial charge in [-0.3, -0.25) is 19.2 Å². The third-order valence-corrected chi connectivity index (χ3v) is 8.38. The Morgan fingerprint density at radius 1 is 0.849 bits per heavy atom. The lowest BCUT2D eigenvalue weighted by Gasteiger charge is -2.29. The highest BCUT2D eigenvalue weighted by molar-refractivity contribution is 5.95. The van der Waals surface area contributed by atoms with Crippen LogP contribution in [0.5, 0.6) is 5.75 Å². The van der Waals surface area contributed by atoms with E-state index in [2.05, 4.69) is 24.1 Å². The van der Waals surface area contributed by atoms with Crippen molar-refractivity contribution in [1.82, 2.24) is 5.32 Å². The van der Waals surface area contributed by atoms with Crippen LogP contribution >= 0.6 is 0 Å². The largest absolute Gasteiger partial charge is 0.481 e. The van der Waals surface area contributed by atoms with E-state index in [9.17, 15) is 44.1 Å². The number of benzene rings is 1. The molecule has 0 spiro atoms. The zero-order chi connectivity index (χ0) is 39.5. The van der Waals surface area contributed by atoms with Gasteiger partial charge in [0.1, 0.15) is 24.2 Å². The summed E-state index contributed by atoms with van der Waals surface area (Å²) in [5.41, 5.74) is -2.53. The SMILES string of the molecule is CC#CCOc1ccc(C[C@H](NC(=O)[C@@H](/C=C/CCCCCCC(=O)CCCCCCC)[C@@](O)(CC(=O)O)C(=O)O)C(=O)OCOC(=O)CCC)cc1. The molecule has 1 aromatic rings. The van der Waals surface area contributed by atoms with Crippen molar-refractivity contribution in [3.63, 3.8) is 0 Å².